The van der Waals surface area contributed by atoms with E-state index in [2.05, 4.69) is 0 Å². The van der Waals surface area contributed by atoms with Crippen LogP contribution in [0, 0.1) is 0 Å². The second-order valence-corrected chi connectivity index (χ2v) is 0.456. The molecule has 1 N–H and O–H groups in total. The van der Waals surface area contributed by atoms with Crippen LogP contribution in [-0.2, 0) is 9.59 Å². The summed E-state index contributed by atoms with van der Waals surface area (Å²) in [7, 11) is 0. The van der Waals surface area contributed by atoms with Gasteiger partial charge in [-0.2, -0.15) is 0 Å². The molecule has 0 aliphatic rings. The van der Waals surface area contributed by atoms with Crippen molar-refractivity contribution in [1.82, 2.24) is 0 Å². The number of hydrogen-bond donors (Lipinski definition) is 1. The van der Waals surface area contributed by atoms with Gasteiger partial charge in [0.05, 0.1) is 0 Å². The summed E-state index contributed by atoms with van der Waals surface area (Å²) in [5.41, 5.74) is 0. The van der Waals surface area contributed by atoms with Gasteiger partial charge in [-0.25, -0.2) is 4.79 Å². The largest absolute Gasteiger partial charge is 1.00 e. The summed E-state index contributed by atoms with van der Waals surface area (Å²) in [5, 5.41) is 7.35. The first-order valence-corrected chi connectivity index (χ1v) is 0.952. The zero-order valence-corrected chi connectivity index (χ0v) is 10.6. The molecule has 0 rings (SSSR count). The molecule has 0 aliphatic carbocycles. The van der Waals surface area contributed by atoms with Crippen LogP contribution >= 0.6 is 0 Å². The van der Waals surface area contributed by atoms with Crippen LogP contribution in [0.4, 0.5) is 0 Å². The third kappa shape index (κ3) is 17.8. The quantitative estimate of drug-likeness (QED) is 0.232. The van der Waals surface area contributed by atoms with Gasteiger partial charge in [-0.15, -0.1) is 0 Å². The number of carbonyl (C=O) groups is 2. The van der Waals surface area contributed by atoms with E-state index in [1.807, 2.05) is 0 Å². The summed E-state index contributed by atoms with van der Waals surface area (Å²) in [6.45, 7) is 0. The number of carbonyl (C=O) groups excluding carboxylic acids is 1. The molecule has 0 fully saturated rings. The van der Waals surface area contributed by atoms with Crippen molar-refractivity contribution < 1.29 is 120 Å². The van der Waals surface area contributed by atoms with E-state index in [0.29, 0.717) is 0 Å². The molecule has 0 amide bonds. The van der Waals surface area contributed by atoms with Crippen LogP contribution in [0.3, 0.4) is 0 Å². The van der Waals surface area contributed by atoms with Crippen LogP contribution in [0.5, 0.6) is 0 Å². The van der Waals surface area contributed by atoms with Crippen molar-refractivity contribution >= 4 is 12.3 Å². The summed E-state index contributed by atoms with van der Waals surface area (Å²) < 4.78 is 0. The Hall–Kier alpha value is 2.41. The summed E-state index contributed by atoms with van der Waals surface area (Å²) in [4.78, 5) is 17.9. The summed E-state index contributed by atoms with van der Waals surface area (Å²) in [5.74, 6) is -1.43. The van der Waals surface area contributed by atoms with E-state index in [9.17, 15) is 0 Å². The second kappa shape index (κ2) is 11.2. The average Bonchev–Trinajstić information content (AvgIpc) is 1.38. The predicted molar refractivity (Wildman–Crippen MR) is 15.9 cm³/mol. The predicted octanol–water partition coefficient (Wildman–Crippen LogP) is -6.50. The van der Waals surface area contributed by atoms with E-state index in [1.54, 1.807) is 0 Å². The van der Waals surface area contributed by atoms with Crippen molar-refractivity contribution in [3.05, 3.63) is 0 Å². The van der Waals surface area contributed by atoms with E-state index < -0.39 is 5.97 Å². The molecule has 0 aromatic heterocycles. The molecule has 0 atom stereocenters. The second-order valence-electron chi connectivity index (χ2n) is 0.456. The van der Waals surface area contributed by atoms with Gasteiger partial charge in [-0.1, -0.05) is 0 Å². The van der Waals surface area contributed by atoms with Gasteiger partial charge in [0.15, 0.2) is 0 Å². The molecule has 0 radical (unpaired) electrons. The fourth-order valence-corrected chi connectivity index (χ4v) is 0. The molecule has 0 saturated heterocycles. The Morgan fingerprint density at radius 2 is 1.71 bits per heavy atom. The molecular weight excluding hydrogens is 150 g/mol. The van der Waals surface area contributed by atoms with Crippen LogP contribution < -0.4 is 103 Å². The van der Waals surface area contributed by atoms with Gasteiger partial charge in [-0.05, 0) is 0 Å². The van der Waals surface area contributed by atoms with Crippen LogP contribution in [-0.4, -0.2) is 17.4 Å². The van der Waals surface area contributed by atoms with Crippen LogP contribution in [0.2, 0.25) is 0 Å². The van der Waals surface area contributed by atoms with Gasteiger partial charge < -0.3 is 7.96 Å². The van der Waals surface area contributed by atoms with Crippen LogP contribution in [0.25, 0.3) is 0 Å². The van der Waals surface area contributed by atoms with Gasteiger partial charge in [0, 0.05) is 0 Å². The fourth-order valence-electron chi connectivity index (χ4n) is 0. The molecule has 0 aliphatic heterocycles. The number of aliphatic carboxylic acids is 1. The minimum Gasteiger partial charge on any atom is -1.00 e. The van der Waals surface area contributed by atoms with Gasteiger partial charge in [0.2, 0.25) is 6.29 Å². The molecular formula is C2H4K2O3. The Morgan fingerprint density at radius 3 is 1.71 bits per heavy atom. The number of carboxylic acid groups (broad SMARTS) is 1. The topological polar surface area (TPSA) is 54.4 Å². The Labute approximate surface area is 129 Å². The standard InChI is InChI=1S/C2H2O3.2K.2H/c3-1-2(4)5;;;;/h1H,(H,4,5);;;;/q;2*+1;2*-1. The molecule has 32 valence electrons. The number of carboxylic acids is 1. The van der Waals surface area contributed by atoms with Crippen molar-refractivity contribution in [1.29, 1.82) is 0 Å². The van der Waals surface area contributed by atoms with Crippen LogP contribution in [0.15, 0.2) is 0 Å². The molecule has 0 unspecified atom stereocenters. The van der Waals surface area contributed by atoms with Crippen molar-refractivity contribution in [2.75, 3.05) is 0 Å². The molecule has 0 aromatic carbocycles. The molecule has 5 heteroatoms. The normalized spacial score (nSPS) is 4.57. The summed E-state index contributed by atoms with van der Waals surface area (Å²) >= 11 is 0. The fraction of sp³-hybridized carbons (Fsp3) is 0. The van der Waals surface area contributed by atoms with Crippen LogP contribution in [0.1, 0.15) is 2.85 Å². The van der Waals surface area contributed by atoms with Gasteiger partial charge >= 0.3 is 109 Å². The molecule has 0 saturated carbocycles. The minimum absolute atomic E-state index is 0. The van der Waals surface area contributed by atoms with E-state index in [1.165, 1.54) is 0 Å². The molecule has 0 heterocycles. The van der Waals surface area contributed by atoms with Crippen molar-refractivity contribution in [2.24, 2.45) is 0 Å². The van der Waals surface area contributed by atoms with E-state index in [-0.39, 0.29) is 112 Å². The maximum atomic E-state index is 9.00. The van der Waals surface area contributed by atoms with E-state index in [4.69, 9.17) is 14.7 Å². The number of rotatable bonds is 1. The summed E-state index contributed by atoms with van der Waals surface area (Å²) in [6, 6.07) is 0. The first-order valence-electron chi connectivity index (χ1n) is 0.952. The van der Waals surface area contributed by atoms with Gasteiger partial charge in [-0.3, -0.25) is 4.79 Å². The zero-order valence-electron chi connectivity index (χ0n) is 6.34. The average molecular weight is 154 g/mol. The third-order valence-corrected chi connectivity index (χ3v) is 0.101. The number of hydrogen-bond acceptors (Lipinski definition) is 2. The molecule has 7 heavy (non-hydrogen) atoms. The third-order valence-electron chi connectivity index (χ3n) is 0.101. The SMILES string of the molecule is O=CC(=O)O.[H-].[H-].[K+].[K+]. The molecule has 0 aromatic rings. The first-order chi connectivity index (χ1) is 2.27. The Kier molecular flexibility index (Phi) is 26.0. The first kappa shape index (κ1) is 16.2. The van der Waals surface area contributed by atoms with Crippen molar-refractivity contribution in [2.45, 2.75) is 0 Å². The van der Waals surface area contributed by atoms with Crippen molar-refractivity contribution in [3.63, 3.8) is 0 Å². The number of aldehydes is 1. The van der Waals surface area contributed by atoms with E-state index >= 15 is 0 Å². The van der Waals surface area contributed by atoms with Crippen molar-refractivity contribution in [3.8, 4) is 0 Å². The molecule has 0 spiro atoms. The minimum atomic E-state index is -1.43. The maximum absolute atomic E-state index is 9.00. The monoisotopic (exact) mass is 154 g/mol. The Morgan fingerprint density at radius 1 is 1.57 bits per heavy atom. The molecule has 0 bridgehead atoms. The smallest absolute Gasteiger partial charge is 1.00 e. The van der Waals surface area contributed by atoms with Gasteiger partial charge in [0.25, 0.3) is 0 Å². The Balaban J connectivity index is -0.0000000133. The summed E-state index contributed by atoms with van der Waals surface area (Å²) in [6.07, 6.45) is -0.167. The van der Waals surface area contributed by atoms with E-state index in [0.717, 1.165) is 0 Å². The van der Waals surface area contributed by atoms with Gasteiger partial charge in [0.1, 0.15) is 0 Å². The zero-order chi connectivity index (χ0) is 4.28. The Bertz CT molecular complexity index is 68.8. The molecule has 3 nitrogen and oxygen atoms in total. The maximum Gasteiger partial charge on any atom is 1.00 e.